The summed E-state index contributed by atoms with van der Waals surface area (Å²) in [6.07, 6.45) is 0.787. The van der Waals surface area contributed by atoms with Gasteiger partial charge in [-0.1, -0.05) is 42.5 Å². The summed E-state index contributed by atoms with van der Waals surface area (Å²) >= 11 is 3.04. The number of nitrogens with one attached hydrogen (secondary N) is 3. The fraction of sp³-hybridized carbons (Fsp3) is 0.192. The van der Waals surface area contributed by atoms with Crippen molar-refractivity contribution in [3.05, 3.63) is 92.9 Å². The van der Waals surface area contributed by atoms with Gasteiger partial charge in [-0.25, -0.2) is 13.4 Å². The van der Waals surface area contributed by atoms with Crippen LogP contribution in [-0.2, 0) is 33.3 Å². The van der Waals surface area contributed by atoms with Crippen LogP contribution in [0.1, 0.15) is 29.1 Å². The van der Waals surface area contributed by atoms with Crippen LogP contribution in [-0.4, -0.2) is 31.3 Å². The predicted molar refractivity (Wildman–Crippen MR) is 148 cm³/mol. The third kappa shape index (κ3) is 7.72. The number of aromatic nitrogens is 1. The lowest BCUT2D eigenvalue weighted by Gasteiger charge is -2.22. The van der Waals surface area contributed by atoms with Crippen LogP contribution in [0.2, 0.25) is 0 Å². The molecule has 2 heterocycles. The van der Waals surface area contributed by atoms with Crippen molar-refractivity contribution in [2.75, 3.05) is 4.72 Å². The van der Waals surface area contributed by atoms with Crippen molar-refractivity contribution in [1.82, 2.24) is 15.6 Å². The molecule has 8 nitrogen and oxygen atoms in total. The van der Waals surface area contributed by atoms with Gasteiger partial charge in [-0.3, -0.25) is 14.3 Å². The highest BCUT2D eigenvalue weighted by atomic mass is 32.2. The molecule has 2 aromatic carbocycles. The molecule has 3 N–H and O–H groups in total. The van der Waals surface area contributed by atoms with Gasteiger partial charge in [0.1, 0.15) is 11.0 Å². The summed E-state index contributed by atoms with van der Waals surface area (Å²) in [7, 11) is -2.75. The average Bonchev–Trinajstić information content (AvgIpc) is 3.57. The summed E-state index contributed by atoms with van der Waals surface area (Å²) in [6, 6.07) is 17.3. The minimum atomic E-state index is -2.75. The molecule has 0 unspecified atom stereocenters. The molecule has 0 aliphatic heterocycles. The second kappa shape index (κ2) is 12.6. The van der Waals surface area contributed by atoms with Crippen molar-refractivity contribution in [2.24, 2.45) is 0 Å². The lowest BCUT2D eigenvalue weighted by atomic mass is 10.0. The minimum absolute atomic E-state index is 0.290. The predicted octanol–water partition coefficient (Wildman–Crippen LogP) is 3.96. The Balaban J connectivity index is 1.58. The van der Waals surface area contributed by atoms with Gasteiger partial charge in [-0.2, -0.15) is 11.3 Å². The number of benzene rings is 2. The van der Waals surface area contributed by atoms with Crippen LogP contribution in [0.5, 0.6) is 0 Å². The number of thiophene rings is 1. The van der Waals surface area contributed by atoms with E-state index in [0.29, 0.717) is 18.5 Å². The van der Waals surface area contributed by atoms with Gasteiger partial charge >= 0.3 is 0 Å². The molecular formula is C26H26N4O4S3. The number of hydrogen-bond acceptors (Lipinski definition) is 7. The van der Waals surface area contributed by atoms with E-state index in [1.165, 1.54) is 18.3 Å². The van der Waals surface area contributed by atoms with Crippen LogP contribution < -0.4 is 15.4 Å². The Morgan fingerprint density at radius 2 is 1.65 bits per heavy atom. The first-order valence-corrected chi connectivity index (χ1v) is 14.5. The average molecular weight is 555 g/mol. The van der Waals surface area contributed by atoms with Crippen LogP contribution in [0.25, 0.3) is 11.3 Å². The highest BCUT2D eigenvalue weighted by molar-refractivity contribution is 7.73. The van der Waals surface area contributed by atoms with Crippen molar-refractivity contribution in [3.8, 4) is 11.3 Å². The molecule has 192 valence electrons. The van der Waals surface area contributed by atoms with Crippen LogP contribution in [0, 0.1) is 0 Å². The van der Waals surface area contributed by atoms with Crippen molar-refractivity contribution in [2.45, 2.75) is 31.8 Å². The molecule has 0 bridgehead atoms. The molecule has 0 radical (unpaired) electrons. The molecule has 2 amide bonds. The van der Waals surface area contributed by atoms with Gasteiger partial charge in [0.05, 0.1) is 11.7 Å². The molecule has 4 rings (SSSR count). The topological polar surface area (TPSA) is 117 Å². The van der Waals surface area contributed by atoms with E-state index < -0.39 is 23.0 Å². The maximum absolute atomic E-state index is 13.4. The highest BCUT2D eigenvalue weighted by Crippen LogP contribution is 2.29. The van der Waals surface area contributed by atoms with Gasteiger partial charge in [0.2, 0.25) is 22.7 Å². The quantitative estimate of drug-likeness (QED) is 0.210. The first kappa shape index (κ1) is 26.5. The molecule has 4 aromatic rings. The molecule has 2 aromatic heterocycles. The first-order chi connectivity index (χ1) is 17.9. The van der Waals surface area contributed by atoms with Crippen molar-refractivity contribution < 1.29 is 18.0 Å². The molecule has 37 heavy (non-hydrogen) atoms. The van der Waals surface area contributed by atoms with Crippen molar-refractivity contribution in [3.63, 3.8) is 0 Å². The lowest BCUT2D eigenvalue weighted by Crippen LogP contribution is -2.48. The Morgan fingerprint density at radius 3 is 2.30 bits per heavy atom. The third-order valence-corrected chi connectivity index (χ3v) is 7.63. The summed E-state index contributed by atoms with van der Waals surface area (Å²) in [5.41, 5.74) is 4.13. The van der Waals surface area contributed by atoms with Crippen LogP contribution >= 0.6 is 22.7 Å². The maximum Gasteiger partial charge on any atom is 0.243 e. The smallest absolute Gasteiger partial charge is 0.243 e. The zero-order chi connectivity index (χ0) is 26.2. The van der Waals surface area contributed by atoms with Crippen LogP contribution in [0.15, 0.2) is 76.8 Å². The molecule has 0 aliphatic rings. The van der Waals surface area contributed by atoms with Crippen LogP contribution in [0.4, 0.5) is 5.69 Å². The zero-order valence-electron chi connectivity index (χ0n) is 19.9. The Bertz CT molecular complexity index is 1390. The summed E-state index contributed by atoms with van der Waals surface area (Å²) in [4.78, 5) is 30.1. The number of anilines is 1. The van der Waals surface area contributed by atoms with E-state index in [-0.39, 0.29) is 11.8 Å². The SMILES string of the molecule is CC(=O)N[C@@H](Cc1ccccc1)C(=O)N[C@@H](Cc1ccc(N[SH](=O)=O)cc1)c1nc(-c2ccsc2)cs1. The van der Waals surface area contributed by atoms with E-state index in [0.717, 1.165) is 27.4 Å². The number of carbonyl (C=O) groups excluding carboxylic acids is 2. The lowest BCUT2D eigenvalue weighted by molar-refractivity contribution is -0.128. The molecule has 2 atom stereocenters. The number of nitrogens with zero attached hydrogens (tertiary/aromatic N) is 1. The fourth-order valence-corrected chi connectivity index (χ4v) is 5.71. The van der Waals surface area contributed by atoms with E-state index in [2.05, 4.69) is 15.4 Å². The standard InChI is InChI=1S/C26H26N4O4S3/c1-17(31)27-22(13-18-5-3-2-4-6-18)25(32)28-23(14-19-7-9-21(10-8-19)30-37(33)34)26-29-24(16-36-26)20-11-12-35-15-20/h2-12,15-16,22-23,37H,13-14H2,1H3,(H,27,31)(H,28,32)(H,30,33,34)/t22-,23-/m0/s1. The normalized spacial score (nSPS) is 12.6. The molecule has 0 fully saturated rings. The van der Waals surface area contributed by atoms with Crippen LogP contribution in [0.3, 0.4) is 0 Å². The van der Waals surface area contributed by atoms with Gasteiger partial charge < -0.3 is 10.6 Å². The van der Waals surface area contributed by atoms with E-state index >= 15 is 0 Å². The maximum atomic E-state index is 13.4. The largest absolute Gasteiger partial charge is 0.345 e. The third-order valence-electron chi connectivity index (χ3n) is 5.54. The molecular weight excluding hydrogens is 529 g/mol. The monoisotopic (exact) mass is 554 g/mol. The number of thiazole rings is 1. The Kier molecular flexibility index (Phi) is 9.04. The Labute approximate surface area is 224 Å². The molecule has 0 aliphatic carbocycles. The molecule has 0 spiro atoms. The summed E-state index contributed by atoms with van der Waals surface area (Å²) in [6.45, 7) is 1.39. The molecule has 0 saturated heterocycles. The fourth-order valence-electron chi connectivity index (χ4n) is 3.82. The van der Waals surface area contributed by atoms with Crippen molar-refractivity contribution >= 4 is 51.1 Å². The second-order valence-corrected chi connectivity index (χ2v) is 10.8. The van der Waals surface area contributed by atoms with Gasteiger partial charge in [0.25, 0.3) is 0 Å². The Hall–Kier alpha value is -3.54. The van der Waals surface area contributed by atoms with Gasteiger partial charge in [0, 0.05) is 35.4 Å². The highest BCUT2D eigenvalue weighted by Gasteiger charge is 2.25. The van der Waals surface area contributed by atoms with E-state index in [1.54, 1.807) is 23.5 Å². The number of amides is 2. The van der Waals surface area contributed by atoms with Gasteiger partial charge in [-0.05, 0) is 41.1 Å². The summed E-state index contributed by atoms with van der Waals surface area (Å²) in [5, 5.41) is 12.6. The Morgan fingerprint density at radius 1 is 0.919 bits per heavy atom. The van der Waals surface area contributed by atoms with Gasteiger partial charge in [0.15, 0.2) is 0 Å². The first-order valence-electron chi connectivity index (χ1n) is 11.5. The number of hydrogen-bond donors (Lipinski definition) is 4. The second-order valence-electron chi connectivity index (χ2n) is 8.36. The van der Waals surface area contributed by atoms with E-state index in [4.69, 9.17) is 4.98 Å². The summed E-state index contributed by atoms with van der Waals surface area (Å²) in [5.74, 6) is -0.598. The zero-order valence-corrected chi connectivity index (χ0v) is 22.4. The molecule has 0 saturated carbocycles. The number of thiol groups is 1. The van der Waals surface area contributed by atoms with E-state index in [1.807, 2.05) is 64.7 Å². The van der Waals surface area contributed by atoms with E-state index in [9.17, 15) is 18.0 Å². The molecule has 11 heteroatoms. The minimum Gasteiger partial charge on any atom is -0.345 e. The summed E-state index contributed by atoms with van der Waals surface area (Å²) < 4.78 is 24.3. The number of rotatable bonds is 11. The van der Waals surface area contributed by atoms with Crippen molar-refractivity contribution in [1.29, 1.82) is 0 Å². The van der Waals surface area contributed by atoms with Gasteiger partial charge in [-0.15, -0.1) is 11.3 Å². The number of carbonyl (C=O) groups is 2.